The molecule has 0 radical (unpaired) electrons. The number of pyridine rings is 1. The molecule has 2 aromatic heterocycles. The van der Waals surface area contributed by atoms with Crippen LogP contribution in [0.2, 0.25) is 0 Å². The standard InChI is InChI=1S/C10H9N5O4/c1-19-10(16)6-2-8(15(17)18)9(11-3-6)14-7-4-12-13-5-7/h2-5H,1H3,(H,11,14)(H,12,13). The average Bonchev–Trinajstić information content (AvgIpc) is 2.91. The molecule has 0 aromatic carbocycles. The van der Waals surface area contributed by atoms with Crippen LogP contribution >= 0.6 is 0 Å². The van der Waals surface area contributed by atoms with Crippen molar-refractivity contribution < 1.29 is 14.5 Å². The van der Waals surface area contributed by atoms with E-state index in [4.69, 9.17) is 0 Å². The summed E-state index contributed by atoms with van der Waals surface area (Å²) in [6, 6.07) is 1.10. The molecular formula is C10H9N5O4. The van der Waals surface area contributed by atoms with E-state index in [0.29, 0.717) is 5.69 Å². The van der Waals surface area contributed by atoms with Gasteiger partial charge in [-0.3, -0.25) is 15.2 Å². The molecule has 0 fully saturated rings. The fourth-order valence-corrected chi connectivity index (χ4v) is 1.37. The van der Waals surface area contributed by atoms with E-state index in [1.54, 1.807) is 0 Å². The number of aromatic amines is 1. The van der Waals surface area contributed by atoms with Crippen LogP contribution in [0.15, 0.2) is 24.7 Å². The number of hydrogen-bond donors (Lipinski definition) is 2. The maximum atomic E-state index is 11.3. The second kappa shape index (κ2) is 5.12. The highest BCUT2D eigenvalue weighted by Crippen LogP contribution is 2.25. The molecule has 2 N–H and O–H groups in total. The first-order valence-corrected chi connectivity index (χ1v) is 5.10. The Morgan fingerprint density at radius 1 is 1.53 bits per heavy atom. The molecule has 0 aliphatic rings. The van der Waals surface area contributed by atoms with E-state index < -0.39 is 10.9 Å². The number of methoxy groups -OCH3 is 1. The predicted octanol–water partition coefficient (Wildman–Crippen LogP) is 1.24. The number of aromatic nitrogens is 3. The number of esters is 1. The summed E-state index contributed by atoms with van der Waals surface area (Å²) in [7, 11) is 1.19. The van der Waals surface area contributed by atoms with Crippen LogP contribution in [0.1, 0.15) is 10.4 Å². The minimum absolute atomic E-state index is 0.00643. The molecule has 0 atom stereocenters. The fraction of sp³-hybridized carbons (Fsp3) is 0.100. The molecule has 2 rings (SSSR count). The minimum atomic E-state index is -0.689. The van der Waals surface area contributed by atoms with E-state index in [9.17, 15) is 14.9 Å². The first-order chi connectivity index (χ1) is 9.11. The maximum absolute atomic E-state index is 11.3. The van der Waals surface area contributed by atoms with Gasteiger partial charge in [0.15, 0.2) is 0 Å². The monoisotopic (exact) mass is 263 g/mol. The lowest BCUT2D eigenvalue weighted by Crippen LogP contribution is -2.05. The summed E-state index contributed by atoms with van der Waals surface area (Å²) in [5.74, 6) is -0.676. The molecule has 98 valence electrons. The van der Waals surface area contributed by atoms with Gasteiger partial charge in [-0.1, -0.05) is 0 Å². The summed E-state index contributed by atoms with van der Waals surface area (Å²) in [6.07, 6.45) is 4.15. The number of nitrogens with zero attached hydrogens (tertiary/aromatic N) is 3. The highest BCUT2D eigenvalue weighted by atomic mass is 16.6. The largest absolute Gasteiger partial charge is 0.465 e. The SMILES string of the molecule is COC(=O)c1cnc(Nc2cn[nH]c2)c([N+](=O)[O-])c1. The Bertz CT molecular complexity index is 610. The van der Waals surface area contributed by atoms with Crippen molar-refractivity contribution >= 4 is 23.2 Å². The number of carbonyl (C=O) groups is 1. The molecule has 0 amide bonds. The van der Waals surface area contributed by atoms with Crippen molar-refractivity contribution in [2.75, 3.05) is 12.4 Å². The molecule has 0 spiro atoms. The summed E-state index contributed by atoms with van der Waals surface area (Å²) in [6.45, 7) is 0. The number of nitro groups is 1. The fourth-order valence-electron chi connectivity index (χ4n) is 1.37. The first kappa shape index (κ1) is 12.5. The summed E-state index contributed by atoms with van der Waals surface area (Å²) < 4.78 is 4.48. The van der Waals surface area contributed by atoms with E-state index in [1.807, 2.05) is 0 Å². The third-order valence-corrected chi connectivity index (χ3v) is 2.25. The Kier molecular flexibility index (Phi) is 3.37. The highest BCUT2D eigenvalue weighted by Gasteiger charge is 2.19. The lowest BCUT2D eigenvalue weighted by Gasteiger charge is -2.05. The van der Waals surface area contributed by atoms with Crippen LogP contribution in [0.4, 0.5) is 17.2 Å². The molecule has 0 bridgehead atoms. The van der Waals surface area contributed by atoms with Gasteiger partial charge < -0.3 is 10.1 Å². The van der Waals surface area contributed by atoms with E-state index >= 15 is 0 Å². The summed E-state index contributed by atoms with van der Waals surface area (Å²) in [4.78, 5) is 25.5. The van der Waals surface area contributed by atoms with Gasteiger partial charge in [0.05, 0.1) is 29.5 Å². The molecule has 19 heavy (non-hydrogen) atoms. The van der Waals surface area contributed by atoms with Crippen molar-refractivity contribution in [3.8, 4) is 0 Å². The molecule has 0 aliphatic carbocycles. The molecule has 9 nitrogen and oxygen atoms in total. The van der Waals surface area contributed by atoms with Crippen molar-refractivity contribution in [1.29, 1.82) is 0 Å². The Labute approximate surface area is 106 Å². The Balaban J connectivity index is 2.38. The van der Waals surface area contributed by atoms with Crippen LogP contribution in [0.3, 0.4) is 0 Å². The van der Waals surface area contributed by atoms with Gasteiger partial charge in [0.25, 0.3) is 0 Å². The van der Waals surface area contributed by atoms with Gasteiger partial charge in [-0.25, -0.2) is 9.78 Å². The smallest absolute Gasteiger partial charge is 0.339 e. The molecule has 0 saturated heterocycles. The van der Waals surface area contributed by atoms with E-state index in [1.165, 1.54) is 25.7 Å². The zero-order valence-electron chi connectivity index (χ0n) is 9.78. The van der Waals surface area contributed by atoms with Crippen LogP contribution < -0.4 is 5.32 Å². The van der Waals surface area contributed by atoms with Crippen molar-refractivity contribution in [1.82, 2.24) is 15.2 Å². The van der Waals surface area contributed by atoms with Gasteiger partial charge in [0, 0.05) is 18.5 Å². The van der Waals surface area contributed by atoms with Gasteiger partial charge >= 0.3 is 11.7 Å². The molecule has 0 aliphatic heterocycles. The number of carbonyl (C=O) groups excluding carboxylic acids is 1. The number of nitrogens with one attached hydrogen (secondary N) is 2. The third kappa shape index (κ3) is 2.65. The van der Waals surface area contributed by atoms with Crippen molar-refractivity contribution in [3.63, 3.8) is 0 Å². The lowest BCUT2D eigenvalue weighted by molar-refractivity contribution is -0.384. The van der Waals surface area contributed by atoms with Gasteiger partial charge in [0.1, 0.15) is 0 Å². The van der Waals surface area contributed by atoms with Crippen LogP contribution in [-0.4, -0.2) is 33.2 Å². The van der Waals surface area contributed by atoms with Gasteiger partial charge in [-0.2, -0.15) is 5.10 Å². The summed E-state index contributed by atoms with van der Waals surface area (Å²) >= 11 is 0. The maximum Gasteiger partial charge on any atom is 0.339 e. The number of ether oxygens (including phenoxy) is 1. The Morgan fingerprint density at radius 3 is 2.89 bits per heavy atom. The molecule has 9 heteroatoms. The highest BCUT2D eigenvalue weighted by molar-refractivity contribution is 5.90. The number of H-pyrrole nitrogens is 1. The van der Waals surface area contributed by atoms with Crippen molar-refractivity contribution in [2.45, 2.75) is 0 Å². The van der Waals surface area contributed by atoms with Crippen LogP contribution in [0, 0.1) is 10.1 Å². The summed E-state index contributed by atoms with van der Waals surface area (Å²) in [5, 5.41) is 19.9. The lowest BCUT2D eigenvalue weighted by atomic mass is 10.2. The summed E-state index contributed by atoms with van der Waals surface area (Å²) in [5.41, 5.74) is 0.192. The normalized spacial score (nSPS) is 9.95. The molecule has 2 aromatic rings. The zero-order chi connectivity index (χ0) is 13.8. The van der Waals surface area contributed by atoms with Gasteiger partial charge in [-0.15, -0.1) is 0 Å². The first-order valence-electron chi connectivity index (χ1n) is 5.10. The third-order valence-electron chi connectivity index (χ3n) is 2.25. The second-order valence-corrected chi connectivity index (χ2v) is 3.45. The van der Waals surface area contributed by atoms with Crippen LogP contribution in [0.5, 0.6) is 0 Å². The van der Waals surface area contributed by atoms with E-state index in [0.717, 1.165) is 6.07 Å². The average molecular weight is 263 g/mol. The Morgan fingerprint density at radius 2 is 2.32 bits per heavy atom. The second-order valence-electron chi connectivity index (χ2n) is 3.45. The zero-order valence-corrected chi connectivity index (χ0v) is 9.78. The number of rotatable bonds is 4. The van der Waals surface area contributed by atoms with Crippen molar-refractivity contribution in [2.24, 2.45) is 0 Å². The van der Waals surface area contributed by atoms with E-state index in [-0.39, 0.29) is 17.1 Å². The Hall–Kier alpha value is -2.97. The van der Waals surface area contributed by atoms with Crippen molar-refractivity contribution in [3.05, 3.63) is 40.3 Å². The van der Waals surface area contributed by atoms with E-state index in [2.05, 4.69) is 25.2 Å². The van der Waals surface area contributed by atoms with Crippen LogP contribution in [0.25, 0.3) is 0 Å². The van der Waals surface area contributed by atoms with Gasteiger partial charge in [-0.05, 0) is 0 Å². The number of anilines is 2. The molecule has 2 heterocycles. The number of hydrogen-bond acceptors (Lipinski definition) is 7. The van der Waals surface area contributed by atoms with Gasteiger partial charge in [0.2, 0.25) is 5.82 Å². The molecule has 0 unspecified atom stereocenters. The van der Waals surface area contributed by atoms with Crippen LogP contribution in [-0.2, 0) is 4.74 Å². The topological polar surface area (TPSA) is 123 Å². The molecular weight excluding hydrogens is 254 g/mol. The molecule has 0 saturated carbocycles. The minimum Gasteiger partial charge on any atom is -0.465 e. The predicted molar refractivity (Wildman–Crippen MR) is 64.1 cm³/mol. The quantitative estimate of drug-likeness (QED) is 0.483.